The van der Waals surface area contributed by atoms with Crippen molar-refractivity contribution in [2.75, 3.05) is 12.8 Å². The van der Waals surface area contributed by atoms with Crippen molar-refractivity contribution in [2.45, 2.75) is 6.92 Å². The summed E-state index contributed by atoms with van der Waals surface area (Å²) in [5, 5.41) is 0.765. The monoisotopic (exact) mass is 377 g/mol. The highest BCUT2D eigenvalue weighted by atomic mass is 79.9. The first kappa shape index (κ1) is 15.2. The maximum absolute atomic E-state index is 11.6. The van der Waals surface area contributed by atoms with Crippen LogP contribution in [0.2, 0.25) is 10.0 Å². The third-order valence-electron chi connectivity index (χ3n) is 2.66. The number of imidazole rings is 1. The number of nitrogens with two attached hydrogens (primary N) is 1. The van der Waals surface area contributed by atoms with E-state index in [0.29, 0.717) is 21.6 Å². The Morgan fingerprint density at radius 2 is 1.95 bits per heavy atom. The number of methoxy groups -OCH3 is 1. The molecule has 1 aromatic heterocycles. The topological polar surface area (TPSA) is 70.1 Å². The van der Waals surface area contributed by atoms with Gasteiger partial charge in [0.25, 0.3) is 0 Å². The molecule has 0 aliphatic heterocycles. The molecule has 0 spiro atoms. The van der Waals surface area contributed by atoms with Crippen molar-refractivity contribution in [1.29, 1.82) is 0 Å². The van der Waals surface area contributed by atoms with Crippen LogP contribution in [-0.4, -0.2) is 22.6 Å². The van der Waals surface area contributed by atoms with Crippen LogP contribution in [-0.2, 0) is 4.74 Å². The number of nitrogen functional groups attached to an aromatic ring is 1. The second kappa shape index (κ2) is 5.63. The number of esters is 1. The van der Waals surface area contributed by atoms with Crippen LogP contribution in [0.3, 0.4) is 0 Å². The Morgan fingerprint density at radius 1 is 1.40 bits per heavy atom. The molecular formula is C12H10BrCl2N3O2. The Kier molecular flexibility index (Phi) is 4.27. The Bertz CT molecular complexity index is 677. The molecule has 0 amide bonds. The summed E-state index contributed by atoms with van der Waals surface area (Å²) in [7, 11) is 1.26. The molecule has 1 heterocycles. The quantitative estimate of drug-likeness (QED) is 0.810. The van der Waals surface area contributed by atoms with Crippen molar-refractivity contribution in [3.63, 3.8) is 0 Å². The summed E-state index contributed by atoms with van der Waals surface area (Å²) in [6, 6.07) is 3.36. The van der Waals surface area contributed by atoms with Crippen molar-refractivity contribution in [2.24, 2.45) is 0 Å². The molecule has 0 bridgehead atoms. The largest absolute Gasteiger partial charge is 0.464 e. The molecule has 2 N–H and O–H groups in total. The van der Waals surface area contributed by atoms with Gasteiger partial charge in [-0.15, -0.1) is 0 Å². The molecule has 0 aliphatic rings. The van der Waals surface area contributed by atoms with Crippen molar-refractivity contribution >= 4 is 50.9 Å². The van der Waals surface area contributed by atoms with Gasteiger partial charge in [0.15, 0.2) is 5.69 Å². The lowest BCUT2D eigenvalue weighted by Gasteiger charge is -2.12. The second-order valence-corrected chi connectivity index (χ2v) is 5.67. The lowest BCUT2D eigenvalue weighted by molar-refractivity contribution is 0.0596. The standard InChI is InChI=1S/C12H10BrCl2N3O2/c1-5-17-9(12(19)20-2)11(16)18(5)10-7(14)3-6(13)4-8(10)15/h3-4H,16H2,1-2H3. The van der Waals surface area contributed by atoms with Gasteiger partial charge >= 0.3 is 5.97 Å². The summed E-state index contributed by atoms with van der Waals surface area (Å²) in [6.45, 7) is 1.69. The van der Waals surface area contributed by atoms with Gasteiger partial charge in [0.05, 0.1) is 22.8 Å². The first-order valence-electron chi connectivity index (χ1n) is 5.44. The highest BCUT2D eigenvalue weighted by molar-refractivity contribution is 9.10. The number of carbonyl (C=O) groups is 1. The number of benzene rings is 1. The highest BCUT2D eigenvalue weighted by Crippen LogP contribution is 2.35. The summed E-state index contributed by atoms with van der Waals surface area (Å²) in [4.78, 5) is 15.7. The van der Waals surface area contributed by atoms with Gasteiger partial charge in [-0.25, -0.2) is 9.78 Å². The highest BCUT2D eigenvalue weighted by Gasteiger charge is 2.22. The number of carbonyl (C=O) groups excluding carboxylic acids is 1. The van der Waals surface area contributed by atoms with Crippen LogP contribution in [0.5, 0.6) is 0 Å². The predicted molar refractivity (Wildman–Crippen MR) is 81.8 cm³/mol. The van der Waals surface area contributed by atoms with Gasteiger partial charge in [-0.2, -0.15) is 0 Å². The van der Waals surface area contributed by atoms with E-state index in [9.17, 15) is 4.79 Å². The van der Waals surface area contributed by atoms with E-state index in [4.69, 9.17) is 28.9 Å². The van der Waals surface area contributed by atoms with E-state index in [1.54, 1.807) is 19.1 Å². The normalized spacial score (nSPS) is 10.7. The number of aryl methyl sites for hydroxylation is 1. The van der Waals surface area contributed by atoms with Crippen LogP contribution >= 0.6 is 39.1 Å². The van der Waals surface area contributed by atoms with Crippen molar-refractivity contribution in [1.82, 2.24) is 9.55 Å². The summed E-state index contributed by atoms with van der Waals surface area (Å²) in [6.07, 6.45) is 0. The zero-order valence-electron chi connectivity index (χ0n) is 10.6. The van der Waals surface area contributed by atoms with Gasteiger partial charge < -0.3 is 10.5 Å². The SMILES string of the molecule is COC(=O)c1nc(C)n(-c2c(Cl)cc(Br)cc2Cl)c1N. The summed E-state index contributed by atoms with van der Waals surface area (Å²) >= 11 is 15.7. The Balaban J connectivity index is 2.71. The van der Waals surface area contributed by atoms with Gasteiger partial charge in [0.1, 0.15) is 11.6 Å². The second-order valence-electron chi connectivity index (χ2n) is 3.94. The molecule has 2 aromatic rings. The average molecular weight is 379 g/mol. The molecular weight excluding hydrogens is 369 g/mol. The molecule has 106 valence electrons. The van der Waals surface area contributed by atoms with E-state index < -0.39 is 5.97 Å². The minimum atomic E-state index is -0.617. The van der Waals surface area contributed by atoms with Crippen LogP contribution in [0, 0.1) is 6.92 Å². The minimum absolute atomic E-state index is 0.0278. The van der Waals surface area contributed by atoms with Gasteiger partial charge in [-0.05, 0) is 19.1 Å². The number of rotatable bonds is 2. The molecule has 20 heavy (non-hydrogen) atoms. The molecule has 8 heteroatoms. The lowest BCUT2D eigenvalue weighted by Crippen LogP contribution is -2.08. The molecule has 5 nitrogen and oxygen atoms in total. The molecule has 0 saturated carbocycles. The summed E-state index contributed by atoms with van der Waals surface area (Å²) in [5.41, 5.74) is 6.45. The maximum atomic E-state index is 11.6. The molecule has 0 fully saturated rings. The first-order chi connectivity index (χ1) is 9.36. The number of aromatic nitrogens is 2. The number of nitrogens with zero attached hydrogens (tertiary/aromatic N) is 2. The number of hydrogen-bond acceptors (Lipinski definition) is 4. The van der Waals surface area contributed by atoms with Crippen LogP contribution in [0.4, 0.5) is 5.82 Å². The van der Waals surface area contributed by atoms with E-state index in [1.165, 1.54) is 11.7 Å². The van der Waals surface area contributed by atoms with Crippen molar-refractivity contribution < 1.29 is 9.53 Å². The minimum Gasteiger partial charge on any atom is -0.464 e. The number of ether oxygens (including phenoxy) is 1. The third kappa shape index (κ3) is 2.51. The molecule has 0 unspecified atom stereocenters. The zero-order chi connectivity index (χ0) is 15.0. The predicted octanol–water partition coefficient (Wildman–Crippen LogP) is 3.62. The molecule has 0 aliphatic carbocycles. The Morgan fingerprint density at radius 3 is 2.45 bits per heavy atom. The van der Waals surface area contributed by atoms with Gasteiger partial charge in [0, 0.05) is 4.47 Å². The average Bonchev–Trinajstić information content (AvgIpc) is 2.65. The third-order valence-corrected chi connectivity index (χ3v) is 3.70. The fourth-order valence-corrected chi connectivity index (χ4v) is 3.20. The molecule has 1 aromatic carbocycles. The maximum Gasteiger partial charge on any atom is 0.360 e. The number of halogens is 3. The van der Waals surface area contributed by atoms with Crippen LogP contribution in [0.25, 0.3) is 5.69 Å². The van der Waals surface area contributed by atoms with Gasteiger partial charge in [0.2, 0.25) is 0 Å². The molecule has 2 rings (SSSR count). The fraction of sp³-hybridized carbons (Fsp3) is 0.167. The van der Waals surface area contributed by atoms with E-state index in [0.717, 1.165) is 4.47 Å². The van der Waals surface area contributed by atoms with E-state index in [-0.39, 0.29) is 11.5 Å². The van der Waals surface area contributed by atoms with E-state index in [2.05, 4.69) is 25.7 Å². The number of hydrogen-bond donors (Lipinski definition) is 1. The van der Waals surface area contributed by atoms with E-state index in [1.807, 2.05) is 0 Å². The van der Waals surface area contributed by atoms with Crippen LogP contribution in [0.15, 0.2) is 16.6 Å². The van der Waals surface area contributed by atoms with E-state index >= 15 is 0 Å². The van der Waals surface area contributed by atoms with Gasteiger partial charge in [-0.3, -0.25) is 4.57 Å². The molecule has 0 radical (unpaired) electrons. The van der Waals surface area contributed by atoms with Gasteiger partial charge in [-0.1, -0.05) is 39.1 Å². The van der Waals surface area contributed by atoms with Crippen molar-refractivity contribution in [3.05, 3.63) is 38.2 Å². The lowest BCUT2D eigenvalue weighted by atomic mass is 10.3. The summed E-state index contributed by atoms with van der Waals surface area (Å²) in [5.74, 6) is -0.0109. The smallest absolute Gasteiger partial charge is 0.360 e. The Labute approximate surface area is 133 Å². The molecule has 0 saturated heterocycles. The number of anilines is 1. The van der Waals surface area contributed by atoms with Crippen LogP contribution < -0.4 is 5.73 Å². The van der Waals surface area contributed by atoms with Crippen LogP contribution in [0.1, 0.15) is 16.3 Å². The fourth-order valence-electron chi connectivity index (χ4n) is 1.83. The molecule has 0 atom stereocenters. The Hall–Kier alpha value is -1.24. The summed E-state index contributed by atoms with van der Waals surface area (Å²) < 4.78 is 6.89. The zero-order valence-corrected chi connectivity index (χ0v) is 13.7. The van der Waals surface area contributed by atoms with Crippen molar-refractivity contribution in [3.8, 4) is 5.69 Å². The first-order valence-corrected chi connectivity index (χ1v) is 6.99.